The molecule has 0 spiro atoms. The van der Waals surface area contributed by atoms with Crippen molar-refractivity contribution >= 4 is 38.9 Å². The van der Waals surface area contributed by atoms with Gasteiger partial charge < -0.3 is 4.74 Å². The van der Waals surface area contributed by atoms with Crippen LogP contribution in [-0.4, -0.2) is 14.8 Å². The Bertz CT molecular complexity index is 740. The normalized spacial score (nSPS) is 10.2. The minimum atomic E-state index is -0.670. The Kier molecular flexibility index (Phi) is 4.34. The summed E-state index contributed by atoms with van der Waals surface area (Å²) in [5.74, 6) is -0.313. The van der Waals surface area contributed by atoms with Crippen LogP contribution in [0.4, 0.5) is 11.4 Å². The van der Waals surface area contributed by atoms with E-state index in [1.54, 1.807) is 0 Å². The summed E-state index contributed by atoms with van der Waals surface area (Å²) in [6, 6.07) is 6.19. The van der Waals surface area contributed by atoms with E-state index in [0.717, 1.165) is 12.1 Å². The molecule has 1 aromatic carbocycles. The highest BCUT2D eigenvalue weighted by molar-refractivity contribution is 9.10. The van der Waals surface area contributed by atoms with Crippen molar-refractivity contribution in [3.63, 3.8) is 0 Å². The van der Waals surface area contributed by atoms with Gasteiger partial charge >= 0.3 is 5.69 Å². The fraction of sp³-hybridized carbons (Fsp3) is 0. The van der Waals surface area contributed by atoms with E-state index >= 15 is 0 Å². The van der Waals surface area contributed by atoms with Crippen LogP contribution in [0.2, 0.25) is 5.15 Å². The first-order valence-electron chi connectivity index (χ1n) is 5.30. The number of hydrogen-bond donors (Lipinski definition) is 0. The summed E-state index contributed by atoms with van der Waals surface area (Å²) in [5.41, 5.74) is -0.640. The zero-order valence-electron chi connectivity index (χ0n) is 10.0. The molecular weight excluding hydrogens is 369 g/mol. The molecule has 0 aliphatic rings. The van der Waals surface area contributed by atoms with E-state index in [2.05, 4.69) is 20.9 Å². The molecule has 0 aliphatic carbocycles. The number of nitro benzene ring substituents is 1. The van der Waals surface area contributed by atoms with Crippen LogP contribution in [0.1, 0.15) is 0 Å². The third-order valence-corrected chi connectivity index (χ3v) is 2.99. The van der Waals surface area contributed by atoms with Crippen LogP contribution < -0.4 is 4.74 Å². The first kappa shape index (κ1) is 15.1. The van der Waals surface area contributed by atoms with Crippen molar-refractivity contribution in [2.75, 3.05) is 0 Å². The predicted molar refractivity (Wildman–Crippen MR) is 76.8 cm³/mol. The van der Waals surface area contributed by atoms with Gasteiger partial charge in [-0.1, -0.05) is 27.5 Å². The molecule has 2 rings (SSSR count). The van der Waals surface area contributed by atoms with Crippen molar-refractivity contribution in [1.29, 1.82) is 0 Å². The minimum Gasteiger partial charge on any atom is -0.431 e. The lowest BCUT2D eigenvalue weighted by Crippen LogP contribution is -1.96. The second kappa shape index (κ2) is 6.02. The molecule has 0 unspecified atom stereocenters. The highest BCUT2D eigenvalue weighted by Gasteiger charge is 2.18. The molecule has 8 nitrogen and oxygen atoms in total. The smallest absolute Gasteiger partial charge is 0.312 e. The molecule has 2 aromatic rings. The van der Waals surface area contributed by atoms with Crippen molar-refractivity contribution in [3.8, 4) is 11.6 Å². The van der Waals surface area contributed by atoms with Gasteiger partial charge in [-0.05, 0) is 12.1 Å². The Labute approximate surface area is 130 Å². The highest BCUT2D eigenvalue weighted by Crippen LogP contribution is 2.34. The van der Waals surface area contributed by atoms with Crippen LogP contribution in [0, 0.1) is 20.2 Å². The molecule has 0 N–H and O–H groups in total. The van der Waals surface area contributed by atoms with Gasteiger partial charge in [0.05, 0.1) is 22.0 Å². The average molecular weight is 375 g/mol. The molecule has 0 bridgehead atoms. The van der Waals surface area contributed by atoms with Gasteiger partial charge in [-0.2, -0.15) is 0 Å². The number of benzene rings is 1. The summed E-state index contributed by atoms with van der Waals surface area (Å²) >= 11 is 8.76. The molecule has 0 fully saturated rings. The molecule has 0 saturated carbocycles. The maximum Gasteiger partial charge on any atom is 0.312 e. The first-order valence-corrected chi connectivity index (χ1v) is 6.47. The quantitative estimate of drug-likeness (QED) is 0.453. The van der Waals surface area contributed by atoms with Crippen LogP contribution in [0.3, 0.4) is 0 Å². The lowest BCUT2D eigenvalue weighted by molar-refractivity contribution is -0.386. The summed E-state index contributed by atoms with van der Waals surface area (Å²) in [6.07, 6.45) is 0. The number of nitrogens with zero attached hydrogens (tertiary/aromatic N) is 3. The molecule has 21 heavy (non-hydrogen) atoms. The molecule has 1 aromatic heterocycles. The monoisotopic (exact) mass is 373 g/mol. The van der Waals surface area contributed by atoms with Crippen molar-refractivity contribution < 1.29 is 14.6 Å². The molecule has 10 heteroatoms. The Morgan fingerprint density at radius 3 is 2.48 bits per heavy atom. The molecule has 1 heterocycles. The Morgan fingerprint density at radius 2 is 1.86 bits per heavy atom. The summed E-state index contributed by atoms with van der Waals surface area (Å²) < 4.78 is 5.73. The lowest BCUT2D eigenvalue weighted by atomic mass is 10.3. The van der Waals surface area contributed by atoms with E-state index in [0.29, 0.717) is 4.47 Å². The van der Waals surface area contributed by atoms with E-state index in [-0.39, 0.29) is 28.2 Å². The van der Waals surface area contributed by atoms with Gasteiger partial charge in [0.1, 0.15) is 5.15 Å². The van der Waals surface area contributed by atoms with Crippen molar-refractivity contribution in [2.24, 2.45) is 0 Å². The number of pyridine rings is 1. The minimum absolute atomic E-state index is 0.104. The predicted octanol–water partition coefficient (Wildman–Crippen LogP) is 4.11. The van der Waals surface area contributed by atoms with Gasteiger partial charge in [0.2, 0.25) is 11.6 Å². The summed E-state index contributed by atoms with van der Waals surface area (Å²) in [6.45, 7) is 0. The largest absolute Gasteiger partial charge is 0.431 e. The van der Waals surface area contributed by atoms with Crippen molar-refractivity contribution in [1.82, 2.24) is 4.98 Å². The second-order valence-corrected chi connectivity index (χ2v) is 5.02. The number of hydrogen-bond acceptors (Lipinski definition) is 6. The first-order chi connectivity index (χ1) is 9.86. The van der Waals surface area contributed by atoms with Crippen molar-refractivity contribution in [3.05, 3.63) is 60.2 Å². The van der Waals surface area contributed by atoms with Gasteiger partial charge in [-0.3, -0.25) is 20.2 Å². The summed E-state index contributed by atoms with van der Waals surface area (Å²) in [5, 5.41) is 21.5. The highest BCUT2D eigenvalue weighted by atomic mass is 79.9. The third-order valence-electron chi connectivity index (χ3n) is 2.30. The standard InChI is InChI=1S/C11H5BrClN3O5/c12-6-1-2-9(8(3-6)16(19)20)21-11-5-7(15(17)18)4-10(13)14-11/h1-5H. The zero-order valence-corrected chi connectivity index (χ0v) is 12.4. The fourth-order valence-corrected chi connectivity index (χ4v) is 1.99. The van der Waals surface area contributed by atoms with Crippen molar-refractivity contribution in [2.45, 2.75) is 0 Å². The topological polar surface area (TPSA) is 108 Å². The summed E-state index contributed by atoms with van der Waals surface area (Å²) in [4.78, 5) is 24.1. The second-order valence-electron chi connectivity index (χ2n) is 3.71. The number of rotatable bonds is 4. The van der Waals surface area contributed by atoms with E-state index in [1.807, 2.05) is 0 Å². The third kappa shape index (κ3) is 3.64. The van der Waals surface area contributed by atoms with Crippen LogP contribution in [-0.2, 0) is 0 Å². The van der Waals surface area contributed by atoms with Gasteiger partial charge in [0.25, 0.3) is 5.69 Å². The maximum atomic E-state index is 11.0. The van der Waals surface area contributed by atoms with Crippen LogP contribution >= 0.6 is 27.5 Å². The van der Waals surface area contributed by atoms with Crippen LogP contribution in [0.15, 0.2) is 34.8 Å². The van der Waals surface area contributed by atoms with Gasteiger partial charge in [0, 0.05) is 10.5 Å². The van der Waals surface area contributed by atoms with Gasteiger partial charge in [-0.15, -0.1) is 0 Å². The number of ether oxygens (including phenoxy) is 1. The zero-order chi connectivity index (χ0) is 15.6. The van der Waals surface area contributed by atoms with Crippen LogP contribution in [0.25, 0.3) is 0 Å². The van der Waals surface area contributed by atoms with Gasteiger partial charge in [0.15, 0.2) is 0 Å². The van der Waals surface area contributed by atoms with E-state index in [9.17, 15) is 20.2 Å². The average Bonchev–Trinajstić information content (AvgIpc) is 2.40. The number of nitro groups is 2. The molecule has 108 valence electrons. The molecular formula is C11H5BrClN3O5. The molecule has 0 atom stereocenters. The fourth-order valence-electron chi connectivity index (χ4n) is 1.45. The molecule has 0 radical (unpaired) electrons. The SMILES string of the molecule is O=[N+]([O-])c1cc(Cl)nc(Oc2ccc(Br)cc2[N+](=O)[O-])c1. The van der Waals surface area contributed by atoms with E-state index < -0.39 is 9.85 Å². The van der Waals surface area contributed by atoms with Crippen LogP contribution in [0.5, 0.6) is 11.6 Å². The number of halogens is 2. The Hall–Kier alpha value is -2.26. The molecule has 0 aliphatic heterocycles. The Morgan fingerprint density at radius 1 is 1.14 bits per heavy atom. The molecule has 0 amide bonds. The number of aromatic nitrogens is 1. The maximum absolute atomic E-state index is 11.0. The van der Waals surface area contributed by atoms with Gasteiger partial charge in [-0.25, -0.2) is 4.98 Å². The summed E-state index contributed by atoms with van der Waals surface area (Å²) in [7, 11) is 0. The van der Waals surface area contributed by atoms with E-state index in [1.165, 1.54) is 18.2 Å². The Balaban J connectivity index is 2.43. The van der Waals surface area contributed by atoms with E-state index in [4.69, 9.17) is 16.3 Å². The molecule has 0 saturated heterocycles. The lowest BCUT2D eigenvalue weighted by Gasteiger charge is -2.06.